The Bertz CT molecular complexity index is 1000. The number of carbonyl (C=O) groups excluding carboxylic acids is 1. The minimum absolute atomic E-state index is 0.000959. The zero-order valence-electron chi connectivity index (χ0n) is 16.9. The van der Waals surface area contributed by atoms with Gasteiger partial charge in [-0.1, -0.05) is 12.1 Å². The first-order valence-corrected chi connectivity index (χ1v) is 9.28. The number of aliphatic imine (C=N–C) groups is 1. The van der Waals surface area contributed by atoms with Crippen LogP contribution in [0.5, 0.6) is 0 Å². The third-order valence-corrected chi connectivity index (χ3v) is 5.00. The number of hydrogen-bond donors (Lipinski definition) is 2. The molecule has 0 aliphatic carbocycles. The van der Waals surface area contributed by atoms with E-state index in [1.807, 2.05) is 7.05 Å². The molecule has 2 aromatic rings. The Kier molecular flexibility index (Phi) is 5.86. The largest absolute Gasteiger partial charge is 0.431 e. The molecule has 0 unspecified atom stereocenters. The van der Waals surface area contributed by atoms with E-state index in [0.717, 1.165) is 17.5 Å². The highest BCUT2D eigenvalue weighted by Gasteiger charge is 2.34. The van der Waals surface area contributed by atoms with Crippen LogP contribution in [0.15, 0.2) is 35.0 Å². The quantitative estimate of drug-likeness (QED) is 0.745. The molecule has 30 heavy (non-hydrogen) atoms. The zero-order valence-corrected chi connectivity index (χ0v) is 16.9. The fraction of sp³-hybridized carbons (Fsp3) is 0.350. The van der Waals surface area contributed by atoms with Crippen LogP contribution in [-0.2, 0) is 24.8 Å². The normalized spacial score (nSPS) is 15.2. The average molecular weight is 420 g/mol. The molecule has 2 heterocycles. The molecular formula is C20H23F3N6O. The van der Waals surface area contributed by atoms with Crippen LogP contribution in [0, 0.1) is 0 Å². The van der Waals surface area contributed by atoms with Gasteiger partial charge >= 0.3 is 6.18 Å². The molecule has 1 aromatic heterocycles. The lowest BCUT2D eigenvalue weighted by atomic mass is 10.0. The highest BCUT2D eigenvalue weighted by molar-refractivity contribution is 6.11. The van der Waals surface area contributed by atoms with Crippen molar-refractivity contribution in [3.63, 3.8) is 0 Å². The molecule has 1 aliphatic rings. The van der Waals surface area contributed by atoms with E-state index in [2.05, 4.69) is 15.4 Å². The lowest BCUT2D eigenvalue weighted by Gasteiger charge is -2.26. The van der Waals surface area contributed by atoms with Gasteiger partial charge in [0.05, 0.1) is 6.54 Å². The van der Waals surface area contributed by atoms with Crippen LogP contribution in [-0.4, -0.2) is 46.6 Å². The molecule has 1 aromatic carbocycles. The van der Waals surface area contributed by atoms with Crippen molar-refractivity contribution in [3.05, 3.63) is 46.8 Å². The van der Waals surface area contributed by atoms with Gasteiger partial charge in [-0.05, 0) is 17.7 Å². The number of nitrogens with two attached hydrogens (primary N) is 1. The van der Waals surface area contributed by atoms with E-state index < -0.39 is 11.9 Å². The topological polar surface area (TPSA) is 88.5 Å². The van der Waals surface area contributed by atoms with Gasteiger partial charge in [0.25, 0.3) is 0 Å². The molecule has 1 amide bonds. The summed E-state index contributed by atoms with van der Waals surface area (Å²) in [5.41, 5.74) is 6.84. The summed E-state index contributed by atoms with van der Waals surface area (Å²) in [6, 6.07) is 6.37. The smallest absolute Gasteiger partial charge is 0.394 e. The molecular weight excluding hydrogens is 397 g/mol. The van der Waals surface area contributed by atoms with Gasteiger partial charge in [0.1, 0.15) is 5.70 Å². The van der Waals surface area contributed by atoms with Crippen molar-refractivity contribution in [2.45, 2.75) is 26.1 Å². The Hall–Kier alpha value is -3.30. The van der Waals surface area contributed by atoms with E-state index >= 15 is 0 Å². The van der Waals surface area contributed by atoms with E-state index in [9.17, 15) is 18.0 Å². The minimum Gasteiger partial charge on any atom is -0.394 e. The average Bonchev–Trinajstić information content (AvgIpc) is 3.00. The summed E-state index contributed by atoms with van der Waals surface area (Å²) in [4.78, 5) is 17.2. The van der Waals surface area contributed by atoms with E-state index in [-0.39, 0.29) is 11.5 Å². The van der Waals surface area contributed by atoms with Crippen LogP contribution < -0.4 is 11.1 Å². The van der Waals surface area contributed by atoms with E-state index in [1.165, 1.54) is 26.1 Å². The number of alkyl halides is 3. The summed E-state index contributed by atoms with van der Waals surface area (Å²) in [7, 11) is 3.23. The highest BCUT2D eigenvalue weighted by atomic mass is 19.4. The fourth-order valence-electron chi connectivity index (χ4n) is 3.41. The van der Waals surface area contributed by atoms with Crippen molar-refractivity contribution < 1.29 is 18.0 Å². The number of fused-ring (bicyclic) bond motifs is 1. The number of allylic oxidation sites excluding steroid dienone is 2. The van der Waals surface area contributed by atoms with Crippen LogP contribution in [0.3, 0.4) is 0 Å². The molecule has 0 spiro atoms. The molecule has 3 N–H and O–H groups in total. The molecule has 0 bridgehead atoms. The maximum absolute atomic E-state index is 13.0. The van der Waals surface area contributed by atoms with Gasteiger partial charge in [-0.15, -0.1) is 0 Å². The van der Waals surface area contributed by atoms with E-state index in [0.29, 0.717) is 36.6 Å². The Labute approximate surface area is 172 Å². The van der Waals surface area contributed by atoms with Gasteiger partial charge in [0.2, 0.25) is 5.91 Å². The third-order valence-electron chi connectivity index (χ3n) is 5.00. The van der Waals surface area contributed by atoms with Crippen LogP contribution in [0.1, 0.15) is 23.7 Å². The highest BCUT2D eigenvalue weighted by Crippen LogP contribution is 2.31. The molecule has 160 valence electrons. The number of aryl methyl sites for hydroxylation is 1. The molecule has 3 rings (SSSR count). The van der Waals surface area contributed by atoms with Gasteiger partial charge in [0.15, 0.2) is 5.82 Å². The first kappa shape index (κ1) is 21.4. The molecule has 0 atom stereocenters. The van der Waals surface area contributed by atoms with Crippen molar-refractivity contribution in [3.8, 4) is 0 Å². The predicted molar refractivity (Wildman–Crippen MR) is 109 cm³/mol. The summed E-state index contributed by atoms with van der Waals surface area (Å²) in [5, 5.41) is 7.69. The predicted octanol–water partition coefficient (Wildman–Crippen LogP) is 3.00. The number of nitrogens with zero attached hydrogens (tertiary/aromatic N) is 4. The summed E-state index contributed by atoms with van der Waals surface area (Å²) in [6.07, 6.45) is -2.85. The van der Waals surface area contributed by atoms with Crippen LogP contribution >= 0.6 is 0 Å². The minimum atomic E-state index is -4.65. The number of anilines is 2. The number of carbonyl (C=O) groups is 1. The Morgan fingerprint density at radius 1 is 1.30 bits per heavy atom. The molecule has 0 fully saturated rings. The number of nitrogens with one attached hydrogen (secondary N) is 1. The summed E-state index contributed by atoms with van der Waals surface area (Å²) in [6.45, 7) is 2.64. The summed E-state index contributed by atoms with van der Waals surface area (Å²) in [5.74, 6) is 0.617. The van der Waals surface area contributed by atoms with E-state index in [1.54, 1.807) is 21.7 Å². The number of amides is 1. The van der Waals surface area contributed by atoms with Gasteiger partial charge in [-0.3, -0.25) is 14.5 Å². The lowest BCUT2D eigenvalue weighted by Crippen LogP contribution is -2.34. The monoisotopic (exact) mass is 420 g/mol. The number of benzene rings is 1. The molecule has 10 heteroatoms. The summed E-state index contributed by atoms with van der Waals surface area (Å²) >= 11 is 0. The third kappa shape index (κ3) is 4.32. The molecule has 0 radical (unpaired) electrons. The van der Waals surface area contributed by atoms with Crippen molar-refractivity contribution in [2.24, 2.45) is 17.8 Å². The fourth-order valence-corrected chi connectivity index (χ4v) is 3.41. The van der Waals surface area contributed by atoms with Crippen LogP contribution in [0.25, 0.3) is 5.57 Å². The summed E-state index contributed by atoms with van der Waals surface area (Å²) < 4.78 is 40.9. The number of halogens is 3. The molecule has 0 saturated heterocycles. The number of hydrogen-bond acceptors (Lipinski definition) is 5. The second kappa shape index (κ2) is 8.21. The van der Waals surface area contributed by atoms with E-state index in [4.69, 9.17) is 5.73 Å². The number of aromatic nitrogens is 2. The first-order chi connectivity index (χ1) is 14.1. The second-order valence-electron chi connectivity index (χ2n) is 7.00. The molecule has 0 saturated carbocycles. The van der Waals surface area contributed by atoms with Gasteiger partial charge in [-0.2, -0.15) is 18.3 Å². The van der Waals surface area contributed by atoms with Crippen molar-refractivity contribution >= 4 is 29.2 Å². The molecule has 7 nitrogen and oxygen atoms in total. The Morgan fingerprint density at radius 2 is 1.97 bits per heavy atom. The van der Waals surface area contributed by atoms with Crippen molar-refractivity contribution in [1.82, 2.24) is 14.7 Å². The standard InChI is InChI=1S/C20H23F3N6O/c1-12(30)29-9-8-17-16(11-29)19(27-28(17)3)26-14-6-4-13(5-7-14)15(10-25-2)18(24)20(21,22)23/h4-7,10H,8-9,11,24H2,1-3H3,(H,26,27). The Morgan fingerprint density at radius 3 is 2.53 bits per heavy atom. The Balaban J connectivity index is 1.88. The zero-order chi connectivity index (χ0) is 22.1. The number of rotatable bonds is 4. The van der Waals surface area contributed by atoms with Crippen LogP contribution in [0.2, 0.25) is 0 Å². The second-order valence-corrected chi connectivity index (χ2v) is 7.00. The van der Waals surface area contributed by atoms with Gasteiger partial charge in [0, 0.05) is 62.7 Å². The van der Waals surface area contributed by atoms with Gasteiger partial charge in [-0.25, -0.2) is 0 Å². The van der Waals surface area contributed by atoms with Crippen LogP contribution in [0.4, 0.5) is 24.7 Å². The van der Waals surface area contributed by atoms with Crippen molar-refractivity contribution in [1.29, 1.82) is 0 Å². The molecule has 1 aliphatic heterocycles. The van der Waals surface area contributed by atoms with Gasteiger partial charge < -0.3 is 16.0 Å². The maximum atomic E-state index is 13.0. The first-order valence-electron chi connectivity index (χ1n) is 9.28. The SMILES string of the molecule is CN=CC(=C(N)C(F)(F)F)c1ccc(Nc2nn(C)c3c2CN(C(C)=O)CC3)cc1. The lowest BCUT2D eigenvalue weighted by molar-refractivity contribution is -0.129. The maximum Gasteiger partial charge on any atom is 0.431 e. The van der Waals surface area contributed by atoms with Crippen molar-refractivity contribution in [2.75, 3.05) is 18.9 Å².